The van der Waals surface area contributed by atoms with Crippen molar-refractivity contribution in [1.82, 2.24) is 9.80 Å². The number of hydrogen-bond acceptors (Lipinski definition) is 3. The van der Waals surface area contributed by atoms with E-state index in [1.807, 2.05) is 19.0 Å². The topological polar surface area (TPSA) is 43.8 Å². The lowest BCUT2D eigenvalue weighted by Crippen LogP contribution is -2.40. The van der Waals surface area contributed by atoms with E-state index < -0.39 is 0 Å². The minimum Gasteiger partial charge on any atom is -0.395 e. The van der Waals surface area contributed by atoms with Crippen LogP contribution in [0.2, 0.25) is 0 Å². The number of carbonyl (C=O) groups excluding carboxylic acids is 1. The maximum absolute atomic E-state index is 11.6. The van der Waals surface area contributed by atoms with Crippen molar-refractivity contribution in [3.8, 4) is 0 Å². The number of hydrogen-bond donors (Lipinski definition) is 1. The van der Waals surface area contributed by atoms with Crippen LogP contribution < -0.4 is 0 Å². The predicted molar refractivity (Wildman–Crippen MR) is 57.1 cm³/mol. The van der Waals surface area contributed by atoms with Gasteiger partial charge in [-0.25, -0.2) is 0 Å². The highest BCUT2D eigenvalue weighted by molar-refractivity contribution is 5.78. The average molecular weight is 202 g/mol. The molecule has 0 radical (unpaired) electrons. The number of aliphatic hydroxyl groups is 1. The van der Waals surface area contributed by atoms with Crippen LogP contribution >= 0.6 is 0 Å². The van der Waals surface area contributed by atoms with Crippen molar-refractivity contribution >= 4 is 5.91 Å². The Morgan fingerprint density at radius 3 is 2.36 bits per heavy atom. The minimum atomic E-state index is 0.0445. The number of nitrogens with zero attached hydrogens (tertiary/aromatic N) is 2. The zero-order valence-corrected chi connectivity index (χ0v) is 9.49. The van der Waals surface area contributed by atoms with Gasteiger partial charge in [0.2, 0.25) is 5.91 Å². The maximum Gasteiger partial charge on any atom is 0.236 e. The average Bonchev–Trinajstić information content (AvgIpc) is 2.10. The van der Waals surface area contributed by atoms with Gasteiger partial charge in [-0.05, 0) is 20.5 Å². The van der Waals surface area contributed by atoms with Gasteiger partial charge in [0.15, 0.2) is 0 Å². The lowest BCUT2D eigenvalue weighted by Gasteiger charge is -2.23. The van der Waals surface area contributed by atoms with Crippen LogP contribution in [-0.4, -0.2) is 61.2 Å². The molecule has 0 fully saturated rings. The largest absolute Gasteiger partial charge is 0.395 e. The number of carbonyl (C=O) groups is 1. The first kappa shape index (κ1) is 13.4. The molecule has 0 saturated heterocycles. The Kier molecular flexibility index (Phi) is 7.42. The standard InChI is InChI=1S/C10H22N2O2/c1-4-5-6-12(7-8-13)10(14)9-11(2)3/h13H,4-9H2,1-3H3. The molecule has 0 bridgehead atoms. The predicted octanol–water partition coefficient (Wildman–Crippen LogP) is 0.169. The molecule has 1 N–H and O–H groups in total. The summed E-state index contributed by atoms with van der Waals surface area (Å²) in [7, 11) is 3.74. The number of aliphatic hydroxyl groups excluding tert-OH is 1. The molecular formula is C10H22N2O2. The SMILES string of the molecule is CCCCN(CCO)C(=O)CN(C)C. The van der Waals surface area contributed by atoms with E-state index in [-0.39, 0.29) is 12.5 Å². The van der Waals surface area contributed by atoms with E-state index in [1.165, 1.54) is 0 Å². The van der Waals surface area contributed by atoms with Crippen LogP contribution in [0.3, 0.4) is 0 Å². The van der Waals surface area contributed by atoms with Gasteiger partial charge in [0.05, 0.1) is 13.2 Å². The molecular weight excluding hydrogens is 180 g/mol. The van der Waals surface area contributed by atoms with Crippen LogP contribution in [0.1, 0.15) is 19.8 Å². The number of rotatable bonds is 7. The first-order valence-corrected chi connectivity index (χ1v) is 5.15. The molecule has 0 aromatic carbocycles. The number of amides is 1. The molecule has 0 aromatic heterocycles. The molecule has 84 valence electrons. The molecule has 4 heteroatoms. The first-order valence-electron chi connectivity index (χ1n) is 5.15. The van der Waals surface area contributed by atoms with E-state index in [1.54, 1.807) is 4.90 Å². The van der Waals surface area contributed by atoms with Crippen LogP contribution in [0, 0.1) is 0 Å². The third kappa shape index (κ3) is 5.94. The van der Waals surface area contributed by atoms with Crippen molar-refractivity contribution in [2.45, 2.75) is 19.8 Å². The summed E-state index contributed by atoms with van der Waals surface area (Å²) in [6.45, 7) is 3.76. The third-order valence-corrected chi connectivity index (χ3v) is 1.96. The van der Waals surface area contributed by atoms with E-state index in [9.17, 15) is 4.79 Å². The summed E-state index contributed by atoms with van der Waals surface area (Å²) in [5, 5.41) is 8.81. The lowest BCUT2D eigenvalue weighted by atomic mass is 10.3. The fraction of sp³-hybridized carbons (Fsp3) is 0.900. The quantitative estimate of drug-likeness (QED) is 0.640. The Balaban J connectivity index is 3.97. The third-order valence-electron chi connectivity index (χ3n) is 1.96. The van der Waals surface area contributed by atoms with Crippen LogP contribution in [-0.2, 0) is 4.79 Å². The molecule has 0 aliphatic rings. The van der Waals surface area contributed by atoms with Crippen molar-refractivity contribution in [1.29, 1.82) is 0 Å². The van der Waals surface area contributed by atoms with E-state index in [0.29, 0.717) is 13.1 Å². The van der Waals surface area contributed by atoms with Gasteiger partial charge in [-0.3, -0.25) is 4.79 Å². The Labute approximate surface area is 86.5 Å². The van der Waals surface area contributed by atoms with E-state index >= 15 is 0 Å². The molecule has 0 saturated carbocycles. The van der Waals surface area contributed by atoms with Gasteiger partial charge < -0.3 is 14.9 Å². The number of unbranched alkanes of at least 4 members (excludes halogenated alkanes) is 1. The fourth-order valence-corrected chi connectivity index (χ4v) is 1.20. The summed E-state index contributed by atoms with van der Waals surface area (Å²) in [4.78, 5) is 15.2. The number of likely N-dealkylation sites (N-methyl/N-ethyl adjacent to an activating group) is 1. The smallest absolute Gasteiger partial charge is 0.236 e. The van der Waals surface area contributed by atoms with Crippen molar-refractivity contribution in [2.24, 2.45) is 0 Å². The second-order valence-corrected chi connectivity index (χ2v) is 3.70. The molecule has 4 nitrogen and oxygen atoms in total. The molecule has 0 aliphatic carbocycles. The van der Waals surface area contributed by atoms with Gasteiger partial charge in [0.1, 0.15) is 0 Å². The van der Waals surface area contributed by atoms with Crippen LogP contribution in [0.4, 0.5) is 0 Å². The highest BCUT2D eigenvalue weighted by atomic mass is 16.3. The van der Waals surface area contributed by atoms with Crippen molar-refractivity contribution < 1.29 is 9.90 Å². The molecule has 14 heavy (non-hydrogen) atoms. The molecule has 0 atom stereocenters. The first-order chi connectivity index (χ1) is 6.61. The fourth-order valence-electron chi connectivity index (χ4n) is 1.20. The van der Waals surface area contributed by atoms with E-state index in [0.717, 1.165) is 19.4 Å². The molecule has 0 rings (SSSR count). The Morgan fingerprint density at radius 1 is 1.29 bits per heavy atom. The second-order valence-electron chi connectivity index (χ2n) is 3.70. The Morgan fingerprint density at radius 2 is 1.93 bits per heavy atom. The van der Waals surface area contributed by atoms with Crippen LogP contribution in [0.15, 0.2) is 0 Å². The summed E-state index contributed by atoms with van der Waals surface area (Å²) in [5.74, 6) is 0.0949. The van der Waals surface area contributed by atoms with Gasteiger partial charge in [-0.15, -0.1) is 0 Å². The zero-order chi connectivity index (χ0) is 11.0. The minimum absolute atomic E-state index is 0.0445. The maximum atomic E-state index is 11.6. The molecule has 0 aromatic rings. The second kappa shape index (κ2) is 7.76. The van der Waals surface area contributed by atoms with E-state index in [2.05, 4.69) is 6.92 Å². The summed E-state index contributed by atoms with van der Waals surface area (Å²) in [5.41, 5.74) is 0. The Hall–Kier alpha value is -0.610. The van der Waals surface area contributed by atoms with Gasteiger partial charge in [-0.1, -0.05) is 13.3 Å². The Bertz CT molecular complexity index is 160. The van der Waals surface area contributed by atoms with Gasteiger partial charge >= 0.3 is 0 Å². The summed E-state index contributed by atoms with van der Waals surface area (Å²) < 4.78 is 0. The van der Waals surface area contributed by atoms with E-state index in [4.69, 9.17) is 5.11 Å². The molecule has 0 aliphatic heterocycles. The molecule has 0 heterocycles. The lowest BCUT2D eigenvalue weighted by molar-refractivity contribution is -0.132. The zero-order valence-electron chi connectivity index (χ0n) is 9.49. The highest BCUT2D eigenvalue weighted by Crippen LogP contribution is 1.96. The monoisotopic (exact) mass is 202 g/mol. The summed E-state index contributed by atoms with van der Waals surface area (Å²) >= 11 is 0. The van der Waals surface area contributed by atoms with Crippen LogP contribution in [0.25, 0.3) is 0 Å². The van der Waals surface area contributed by atoms with Gasteiger partial charge in [0.25, 0.3) is 0 Å². The van der Waals surface area contributed by atoms with Gasteiger partial charge in [0, 0.05) is 13.1 Å². The van der Waals surface area contributed by atoms with Crippen LogP contribution in [0.5, 0.6) is 0 Å². The molecule has 0 spiro atoms. The highest BCUT2D eigenvalue weighted by Gasteiger charge is 2.12. The summed E-state index contributed by atoms with van der Waals surface area (Å²) in [6.07, 6.45) is 2.07. The normalized spacial score (nSPS) is 10.6. The van der Waals surface area contributed by atoms with Crippen molar-refractivity contribution in [3.05, 3.63) is 0 Å². The molecule has 1 amide bonds. The van der Waals surface area contributed by atoms with Gasteiger partial charge in [-0.2, -0.15) is 0 Å². The summed E-state index contributed by atoms with van der Waals surface area (Å²) in [6, 6.07) is 0. The molecule has 0 unspecified atom stereocenters. The van der Waals surface area contributed by atoms with Crippen molar-refractivity contribution in [3.63, 3.8) is 0 Å². The van der Waals surface area contributed by atoms with Crippen molar-refractivity contribution in [2.75, 3.05) is 40.3 Å².